The predicted octanol–water partition coefficient (Wildman–Crippen LogP) is 4.34. The van der Waals surface area contributed by atoms with Crippen LogP contribution in [0.3, 0.4) is 0 Å². The summed E-state index contributed by atoms with van der Waals surface area (Å²) < 4.78 is 1.60. The van der Waals surface area contributed by atoms with Crippen LogP contribution in [0.4, 0.5) is 0 Å². The number of ketones is 1. The molecule has 1 aromatic carbocycles. The molecule has 6 nitrogen and oxygen atoms in total. The fraction of sp³-hybridized carbons (Fsp3) is 0.0500. The van der Waals surface area contributed by atoms with Crippen LogP contribution in [0.1, 0.15) is 20.9 Å². The van der Waals surface area contributed by atoms with Crippen molar-refractivity contribution >= 4 is 28.7 Å². The number of para-hydroxylation sites is 1. The van der Waals surface area contributed by atoms with Crippen LogP contribution < -0.4 is 0 Å². The minimum atomic E-state index is -0.216. The molecule has 4 rings (SSSR count). The molecule has 0 aliphatic carbocycles. The zero-order valence-electron chi connectivity index (χ0n) is 14.4. The molecular weight excluding hydrogens is 394 g/mol. The van der Waals surface area contributed by atoms with Crippen LogP contribution >= 0.6 is 22.9 Å². The molecule has 0 aliphatic rings. The summed E-state index contributed by atoms with van der Waals surface area (Å²) in [7, 11) is 0. The van der Waals surface area contributed by atoms with Crippen molar-refractivity contribution in [3.05, 3.63) is 82.3 Å². The zero-order valence-corrected chi connectivity index (χ0v) is 16.0. The summed E-state index contributed by atoms with van der Waals surface area (Å²) in [6, 6.07) is 15.1. The number of nitriles is 1. The Labute approximate surface area is 169 Å². The summed E-state index contributed by atoms with van der Waals surface area (Å²) in [5.41, 5.74) is 2.44. The average molecular weight is 406 g/mol. The fourth-order valence-corrected chi connectivity index (χ4v) is 3.99. The molecule has 3 aromatic heterocycles. The molecule has 0 saturated carbocycles. The third kappa shape index (κ3) is 3.43. The highest BCUT2D eigenvalue weighted by atomic mass is 35.5. The molecular formula is C20H12ClN5OS. The van der Waals surface area contributed by atoms with E-state index >= 15 is 0 Å². The Morgan fingerprint density at radius 2 is 2.00 bits per heavy atom. The lowest BCUT2D eigenvalue weighted by Gasteiger charge is -2.07. The number of benzene rings is 1. The first-order valence-electron chi connectivity index (χ1n) is 8.29. The average Bonchev–Trinajstić information content (AvgIpc) is 3.32. The minimum absolute atomic E-state index is 0.00776. The van der Waals surface area contributed by atoms with E-state index < -0.39 is 0 Å². The molecule has 136 valence electrons. The first-order chi connectivity index (χ1) is 13.7. The van der Waals surface area contributed by atoms with Crippen LogP contribution in [0.5, 0.6) is 0 Å². The molecule has 3 heterocycles. The normalized spacial score (nSPS) is 10.6. The van der Waals surface area contributed by atoms with Gasteiger partial charge in [-0.15, -0.1) is 11.3 Å². The smallest absolute Gasteiger partial charge is 0.181 e. The van der Waals surface area contributed by atoms with E-state index in [9.17, 15) is 10.1 Å². The number of carbonyl (C=O) groups is 1. The Kier molecular flexibility index (Phi) is 4.98. The predicted molar refractivity (Wildman–Crippen MR) is 107 cm³/mol. The van der Waals surface area contributed by atoms with Crippen molar-refractivity contribution in [1.29, 1.82) is 5.26 Å². The number of carbonyl (C=O) groups excluding carboxylic acids is 1. The quantitative estimate of drug-likeness (QED) is 0.461. The summed E-state index contributed by atoms with van der Waals surface area (Å²) in [4.78, 5) is 21.7. The van der Waals surface area contributed by atoms with Crippen molar-refractivity contribution in [2.45, 2.75) is 6.42 Å². The molecule has 0 aliphatic heterocycles. The molecule has 0 N–H and O–H groups in total. The number of rotatable bonds is 5. The molecule has 0 bridgehead atoms. The van der Waals surface area contributed by atoms with Crippen LogP contribution in [0.25, 0.3) is 16.3 Å². The maximum Gasteiger partial charge on any atom is 0.181 e. The van der Waals surface area contributed by atoms with Crippen LogP contribution in [-0.2, 0) is 6.42 Å². The van der Waals surface area contributed by atoms with Crippen LogP contribution in [0, 0.1) is 11.3 Å². The van der Waals surface area contributed by atoms with Crippen molar-refractivity contribution in [1.82, 2.24) is 19.7 Å². The first-order valence-corrected chi connectivity index (χ1v) is 9.49. The standard InChI is InChI=1S/C20H12ClN5OS/c21-19-18(28-20(25-19)13-5-4-8-23-11-13)17(27)9-16-14(10-22)12-24-26(16)15-6-2-1-3-7-15/h1-8,11-12H,9H2. The van der Waals surface area contributed by atoms with Crippen LogP contribution in [-0.4, -0.2) is 25.5 Å². The molecule has 4 aromatic rings. The van der Waals surface area contributed by atoms with Gasteiger partial charge in [0.2, 0.25) is 0 Å². The Bertz CT molecular complexity index is 1180. The molecule has 0 atom stereocenters. The first kappa shape index (κ1) is 18.0. The summed E-state index contributed by atoms with van der Waals surface area (Å²) in [6.07, 6.45) is 4.79. The molecule has 8 heteroatoms. The number of hydrogen-bond donors (Lipinski definition) is 0. The Balaban J connectivity index is 1.68. The summed E-state index contributed by atoms with van der Waals surface area (Å²) in [5, 5.41) is 14.5. The van der Waals surface area contributed by atoms with Gasteiger partial charge in [-0.25, -0.2) is 9.67 Å². The Morgan fingerprint density at radius 3 is 2.71 bits per heavy atom. The zero-order chi connectivity index (χ0) is 19.5. The molecule has 0 radical (unpaired) electrons. The van der Waals surface area contributed by atoms with Crippen molar-refractivity contribution < 1.29 is 4.79 Å². The number of halogens is 1. The SMILES string of the molecule is N#Cc1cnn(-c2ccccc2)c1CC(=O)c1sc(-c2cccnc2)nc1Cl. The second kappa shape index (κ2) is 7.72. The molecule has 28 heavy (non-hydrogen) atoms. The third-order valence-corrected chi connectivity index (χ3v) is 5.60. The van der Waals surface area contributed by atoms with E-state index in [0.717, 1.165) is 11.3 Å². The third-order valence-electron chi connectivity index (χ3n) is 4.07. The van der Waals surface area contributed by atoms with E-state index in [0.29, 0.717) is 21.1 Å². The topological polar surface area (TPSA) is 84.5 Å². The van der Waals surface area contributed by atoms with E-state index in [-0.39, 0.29) is 17.4 Å². The van der Waals surface area contributed by atoms with Gasteiger partial charge in [-0.1, -0.05) is 29.8 Å². The number of nitrogens with zero attached hydrogens (tertiary/aromatic N) is 5. The van der Waals surface area contributed by atoms with Crippen LogP contribution in [0.2, 0.25) is 5.15 Å². The van der Waals surface area contributed by atoms with Crippen molar-refractivity contribution in [3.8, 4) is 22.3 Å². The number of aromatic nitrogens is 4. The highest BCUT2D eigenvalue weighted by Crippen LogP contribution is 2.31. The molecule has 0 unspecified atom stereocenters. The minimum Gasteiger partial charge on any atom is -0.293 e. The van der Waals surface area contributed by atoms with Gasteiger partial charge in [0, 0.05) is 18.0 Å². The van der Waals surface area contributed by atoms with Gasteiger partial charge in [0.05, 0.1) is 29.6 Å². The number of hydrogen-bond acceptors (Lipinski definition) is 6. The van der Waals surface area contributed by atoms with Gasteiger partial charge in [0.15, 0.2) is 10.9 Å². The Morgan fingerprint density at radius 1 is 1.18 bits per heavy atom. The van der Waals surface area contributed by atoms with Gasteiger partial charge in [0.25, 0.3) is 0 Å². The van der Waals surface area contributed by atoms with E-state index in [2.05, 4.69) is 21.1 Å². The maximum absolute atomic E-state index is 12.9. The molecule has 0 amide bonds. The highest BCUT2D eigenvalue weighted by Gasteiger charge is 2.22. The van der Waals surface area contributed by atoms with E-state index in [4.69, 9.17) is 11.6 Å². The highest BCUT2D eigenvalue weighted by molar-refractivity contribution is 7.17. The second-order valence-electron chi connectivity index (χ2n) is 5.84. The molecule has 0 fully saturated rings. The number of pyridine rings is 1. The van der Waals surface area contributed by atoms with E-state index in [1.807, 2.05) is 36.4 Å². The van der Waals surface area contributed by atoms with Gasteiger partial charge in [-0.3, -0.25) is 9.78 Å². The molecule has 0 spiro atoms. The van der Waals surface area contributed by atoms with E-state index in [1.165, 1.54) is 17.5 Å². The van der Waals surface area contributed by atoms with Gasteiger partial charge in [0.1, 0.15) is 16.0 Å². The van der Waals surface area contributed by atoms with Gasteiger partial charge >= 0.3 is 0 Å². The lowest BCUT2D eigenvalue weighted by molar-refractivity contribution is 0.0995. The van der Waals surface area contributed by atoms with Gasteiger partial charge < -0.3 is 0 Å². The molecule has 0 saturated heterocycles. The van der Waals surface area contributed by atoms with Crippen LogP contribution in [0.15, 0.2) is 61.1 Å². The Hall–Kier alpha value is -3.34. The van der Waals surface area contributed by atoms with E-state index in [1.54, 1.807) is 23.1 Å². The summed E-state index contributed by atoms with van der Waals surface area (Å²) in [5.74, 6) is -0.216. The van der Waals surface area contributed by atoms with Crippen molar-refractivity contribution in [2.24, 2.45) is 0 Å². The largest absolute Gasteiger partial charge is 0.293 e. The van der Waals surface area contributed by atoms with Gasteiger partial charge in [-0.2, -0.15) is 10.4 Å². The van der Waals surface area contributed by atoms with Crippen molar-refractivity contribution in [2.75, 3.05) is 0 Å². The second-order valence-corrected chi connectivity index (χ2v) is 7.20. The summed E-state index contributed by atoms with van der Waals surface area (Å²) in [6.45, 7) is 0. The van der Waals surface area contributed by atoms with Crippen molar-refractivity contribution in [3.63, 3.8) is 0 Å². The number of thiazole rings is 1. The lowest BCUT2D eigenvalue weighted by Crippen LogP contribution is -2.10. The monoisotopic (exact) mass is 405 g/mol. The number of Topliss-reactive ketones (excluding diaryl/α,β-unsaturated/α-hetero) is 1. The maximum atomic E-state index is 12.9. The summed E-state index contributed by atoms with van der Waals surface area (Å²) >= 11 is 7.44. The fourth-order valence-electron chi connectivity index (χ4n) is 2.75. The van der Waals surface area contributed by atoms with Gasteiger partial charge in [-0.05, 0) is 24.3 Å². The lowest BCUT2D eigenvalue weighted by atomic mass is 10.1.